The van der Waals surface area contributed by atoms with Gasteiger partial charge in [-0.3, -0.25) is 0 Å². The van der Waals surface area contributed by atoms with Gasteiger partial charge in [-0.05, 0) is 38.5 Å². The van der Waals surface area contributed by atoms with E-state index in [2.05, 4.69) is 27.8 Å². The summed E-state index contributed by atoms with van der Waals surface area (Å²) in [4.78, 5) is 0. The van der Waals surface area contributed by atoms with Gasteiger partial charge in [0.15, 0.2) is 0 Å². The lowest BCUT2D eigenvalue weighted by Gasteiger charge is -2.35. The molecule has 0 saturated carbocycles. The minimum absolute atomic E-state index is 1.37. The monoisotopic (exact) mass is 747 g/mol. The average molecular weight is 747 g/mol. The summed E-state index contributed by atoms with van der Waals surface area (Å²) in [5.74, 6) is 0. The maximum absolute atomic E-state index is 2.64. The Balaban J connectivity index is 4.07. The normalized spacial score (nSPS) is 12.0. The Morgan fingerprint density at radius 2 is 0.283 bits per heavy atom. The van der Waals surface area contributed by atoms with Crippen LogP contribution in [0.15, 0.2) is 0 Å². The Morgan fingerprint density at radius 1 is 0.170 bits per heavy atom. The summed E-state index contributed by atoms with van der Waals surface area (Å²) >= 11 is 0. The van der Waals surface area contributed by atoms with Crippen LogP contribution in [0, 0.1) is 0 Å². The Morgan fingerprint density at radius 3 is 0.415 bits per heavy atom. The third kappa shape index (κ3) is 44.5. The van der Waals surface area contributed by atoms with Crippen LogP contribution < -0.4 is 0 Å². The molecule has 0 aliphatic rings. The van der Waals surface area contributed by atoms with Gasteiger partial charge in [-0.2, -0.15) is 0 Å². The van der Waals surface area contributed by atoms with Gasteiger partial charge in [0.2, 0.25) is 0 Å². The van der Waals surface area contributed by atoms with Crippen molar-refractivity contribution in [2.45, 2.75) is 310 Å². The molecule has 0 radical (unpaired) electrons. The topological polar surface area (TPSA) is 0 Å². The molecule has 0 aromatic heterocycles. The summed E-state index contributed by atoms with van der Waals surface area (Å²) in [6.07, 6.45) is 66.2. The standard InChI is InChI=1S/C52H108N/c1-5-8-11-14-17-20-23-26-29-32-35-38-41-44-47-50-53(4,51-48-45-42-39-36-33-30-27-24-21-18-15-12-9-6-2)52-49-46-43-40-37-34-31-28-25-22-19-16-13-10-7-3/h5-52H2,1-4H3/q+1. The molecule has 0 N–H and O–H groups in total. The van der Waals surface area contributed by atoms with E-state index >= 15 is 0 Å². The zero-order valence-corrected chi connectivity index (χ0v) is 38.4. The number of rotatable bonds is 48. The van der Waals surface area contributed by atoms with Crippen molar-refractivity contribution in [3.05, 3.63) is 0 Å². The van der Waals surface area contributed by atoms with Gasteiger partial charge in [-0.15, -0.1) is 0 Å². The fourth-order valence-corrected chi connectivity index (χ4v) is 8.93. The van der Waals surface area contributed by atoms with Crippen LogP contribution in [0.5, 0.6) is 0 Å². The fraction of sp³-hybridized carbons (Fsp3) is 1.00. The molecule has 0 atom stereocenters. The molecule has 0 aliphatic heterocycles. The van der Waals surface area contributed by atoms with E-state index in [1.165, 1.54) is 313 Å². The van der Waals surface area contributed by atoms with Gasteiger partial charge in [0.25, 0.3) is 0 Å². The van der Waals surface area contributed by atoms with Crippen LogP contribution in [0.3, 0.4) is 0 Å². The molecule has 0 fully saturated rings. The van der Waals surface area contributed by atoms with Crippen LogP contribution in [0.25, 0.3) is 0 Å². The first kappa shape index (κ1) is 53.0. The quantitative estimate of drug-likeness (QED) is 0.0430. The molecule has 0 heterocycles. The van der Waals surface area contributed by atoms with Crippen molar-refractivity contribution < 1.29 is 4.48 Å². The molecule has 0 spiro atoms. The van der Waals surface area contributed by atoms with Gasteiger partial charge >= 0.3 is 0 Å². The predicted octanol–water partition coefficient (Wildman–Crippen LogP) is 19.0. The molecule has 1 nitrogen and oxygen atoms in total. The SMILES string of the molecule is CCCCCCCCCCCCCCCCC[N+](C)(CCCCCCCCCCCCCCCCC)CCCCCCCCCCCCCCCCC. The highest BCUT2D eigenvalue weighted by Gasteiger charge is 2.20. The second kappa shape index (κ2) is 46.3. The largest absolute Gasteiger partial charge is 0.326 e. The molecule has 0 aliphatic carbocycles. The van der Waals surface area contributed by atoms with Crippen LogP contribution in [-0.2, 0) is 0 Å². The first-order valence-corrected chi connectivity index (χ1v) is 26.0. The highest BCUT2D eigenvalue weighted by atomic mass is 15.3. The Bertz CT molecular complexity index is 543. The smallest absolute Gasteiger partial charge is 0.0784 e. The number of hydrogen-bond acceptors (Lipinski definition) is 0. The lowest BCUT2D eigenvalue weighted by molar-refractivity contribution is -0.910. The minimum Gasteiger partial charge on any atom is -0.326 e. The summed E-state index contributed by atoms with van der Waals surface area (Å²) in [7, 11) is 2.64. The Labute approximate surface area is 339 Å². The third-order valence-electron chi connectivity index (χ3n) is 12.9. The van der Waals surface area contributed by atoms with Crippen LogP contribution in [-0.4, -0.2) is 31.2 Å². The first-order valence-electron chi connectivity index (χ1n) is 26.0. The predicted molar refractivity (Wildman–Crippen MR) is 246 cm³/mol. The van der Waals surface area contributed by atoms with E-state index < -0.39 is 0 Å². The van der Waals surface area contributed by atoms with E-state index in [-0.39, 0.29) is 0 Å². The fourth-order valence-electron chi connectivity index (χ4n) is 8.93. The number of hydrogen-bond donors (Lipinski definition) is 0. The van der Waals surface area contributed by atoms with E-state index in [0.717, 1.165) is 0 Å². The molecule has 0 aromatic rings. The molecule has 0 aromatic carbocycles. The summed E-state index contributed by atoms with van der Waals surface area (Å²) in [5.41, 5.74) is 0. The molecule has 0 rings (SSSR count). The lowest BCUT2D eigenvalue weighted by atomic mass is 10.0. The van der Waals surface area contributed by atoms with Gasteiger partial charge in [0.1, 0.15) is 0 Å². The Kier molecular flexibility index (Phi) is 46.3. The van der Waals surface area contributed by atoms with E-state index in [1.54, 1.807) is 0 Å². The van der Waals surface area contributed by atoms with E-state index in [1.807, 2.05) is 0 Å². The van der Waals surface area contributed by atoms with E-state index in [4.69, 9.17) is 0 Å². The molecule has 320 valence electrons. The number of unbranched alkanes of at least 4 members (excludes halogenated alkanes) is 42. The molecule has 53 heavy (non-hydrogen) atoms. The minimum atomic E-state index is 1.37. The molecular formula is C52H108N+. The van der Waals surface area contributed by atoms with Crippen molar-refractivity contribution >= 4 is 0 Å². The van der Waals surface area contributed by atoms with Gasteiger partial charge in [-0.1, -0.05) is 271 Å². The summed E-state index contributed by atoms with van der Waals surface area (Å²) in [6.45, 7) is 11.3. The van der Waals surface area contributed by atoms with Crippen molar-refractivity contribution in [2.75, 3.05) is 26.7 Å². The summed E-state index contributed by atoms with van der Waals surface area (Å²) in [5, 5.41) is 0. The Hall–Kier alpha value is -0.0400. The van der Waals surface area contributed by atoms with Crippen molar-refractivity contribution in [3.63, 3.8) is 0 Å². The zero-order valence-electron chi connectivity index (χ0n) is 38.4. The molecule has 1 heteroatoms. The van der Waals surface area contributed by atoms with Crippen molar-refractivity contribution in [1.29, 1.82) is 0 Å². The maximum Gasteiger partial charge on any atom is 0.0784 e. The van der Waals surface area contributed by atoms with Crippen molar-refractivity contribution in [3.8, 4) is 0 Å². The molecule has 0 bridgehead atoms. The van der Waals surface area contributed by atoms with Crippen LogP contribution >= 0.6 is 0 Å². The van der Waals surface area contributed by atoms with Crippen molar-refractivity contribution in [1.82, 2.24) is 0 Å². The van der Waals surface area contributed by atoms with E-state index in [0.29, 0.717) is 0 Å². The van der Waals surface area contributed by atoms with Crippen LogP contribution in [0.4, 0.5) is 0 Å². The second-order valence-electron chi connectivity index (χ2n) is 18.6. The third-order valence-corrected chi connectivity index (χ3v) is 12.9. The van der Waals surface area contributed by atoms with Crippen LogP contribution in [0.1, 0.15) is 310 Å². The van der Waals surface area contributed by atoms with Gasteiger partial charge in [-0.25, -0.2) is 0 Å². The first-order chi connectivity index (χ1) is 26.2. The average Bonchev–Trinajstić information content (AvgIpc) is 3.16. The number of quaternary nitrogens is 1. The van der Waals surface area contributed by atoms with Gasteiger partial charge in [0.05, 0.1) is 26.7 Å². The van der Waals surface area contributed by atoms with E-state index in [9.17, 15) is 0 Å². The second-order valence-corrected chi connectivity index (χ2v) is 18.6. The zero-order chi connectivity index (χ0) is 38.4. The highest BCUT2D eigenvalue weighted by Crippen LogP contribution is 2.19. The molecular weight excluding hydrogens is 639 g/mol. The molecule has 0 unspecified atom stereocenters. The molecule has 0 amide bonds. The maximum atomic E-state index is 2.64. The van der Waals surface area contributed by atoms with Crippen LogP contribution in [0.2, 0.25) is 0 Å². The number of nitrogens with zero attached hydrogens (tertiary/aromatic N) is 1. The molecule has 0 saturated heterocycles. The van der Waals surface area contributed by atoms with Crippen molar-refractivity contribution in [2.24, 2.45) is 0 Å². The summed E-state index contributed by atoms with van der Waals surface area (Å²) < 4.78 is 1.37. The summed E-state index contributed by atoms with van der Waals surface area (Å²) in [6, 6.07) is 0. The lowest BCUT2D eigenvalue weighted by Crippen LogP contribution is -2.46. The highest BCUT2D eigenvalue weighted by molar-refractivity contribution is 4.55. The van der Waals surface area contributed by atoms with Gasteiger partial charge in [0, 0.05) is 0 Å². The van der Waals surface area contributed by atoms with Gasteiger partial charge < -0.3 is 4.48 Å².